The quantitative estimate of drug-likeness (QED) is 0.142. The number of aromatic nitrogens is 2. The number of carbonyl (C=O) groups is 1. The van der Waals surface area contributed by atoms with Crippen molar-refractivity contribution in [3.8, 4) is 0 Å². The van der Waals surface area contributed by atoms with E-state index in [2.05, 4.69) is 36.5 Å². The molecule has 0 saturated carbocycles. The van der Waals surface area contributed by atoms with Gasteiger partial charge in [0.1, 0.15) is 24.2 Å². The van der Waals surface area contributed by atoms with E-state index in [4.69, 9.17) is 5.21 Å². The molecule has 0 fully saturated rings. The van der Waals surface area contributed by atoms with Gasteiger partial charge in [0, 0.05) is 28.7 Å². The number of halogens is 2. The molecule has 1 amide bonds. The number of hydrogen-bond donors (Lipinski definition) is 5. The summed E-state index contributed by atoms with van der Waals surface area (Å²) in [5.41, 5.74) is 4.55. The van der Waals surface area contributed by atoms with E-state index in [0.717, 1.165) is 5.56 Å². The molecule has 168 valence electrons. The lowest BCUT2D eigenvalue weighted by Crippen LogP contribution is -2.22. The Morgan fingerprint density at radius 1 is 1.03 bits per heavy atom. The number of amides is 1. The minimum atomic E-state index is -0.901. The first-order chi connectivity index (χ1) is 15.9. The van der Waals surface area contributed by atoms with Crippen molar-refractivity contribution in [3.05, 3.63) is 88.4 Å². The zero-order valence-electron chi connectivity index (χ0n) is 17.1. The lowest BCUT2D eigenvalue weighted by molar-refractivity contribution is 0.0706. The van der Waals surface area contributed by atoms with Gasteiger partial charge in [0.2, 0.25) is 0 Å². The van der Waals surface area contributed by atoms with Crippen LogP contribution in [0.2, 0.25) is 0 Å². The van der Waals surface area contributed by atoms with E-state index in [0.29, 0.717) is 38.1 Å². The Morgan fingerprint density at radius 3 is 2.52 bits per heavy atom. The lowest BCUT2D eigenvalue weighted by atomic mass is 10.1. The van der Waals surface area contributed by atoms with Gasteiger partial charge in [0.15, 0.2) is 0 Å². The van der Waals surface area contributed by atoms with E-state index in [-0.39, 0.29) is 6.42 Å². The number of nitrogens with zero attached hydrogens (tertiary/aromatic N) is 2. The maximum absolute atomic E-state index is 13.9. The second-order valence-electron chi connectivity index (χ2n) is 7.21. The van der Waals surface area contributed by atoms with Gasteiger partial charge in [-0.3, -0.25) is 10.0 Å². The number of rotatable bonds is 7. The van der Waals surface area contributed by atoms with Crippen molar-refractivity contribution in [2.75, 3.05) is 10.6 Å². The van der Waals surface area contributed by atoms with Gasteiger partial charge in [-0.2, -0.15) is 0 Å². The van der Waals surface area contributed by atoms with Crippen LogP contribution in [-0.2, 0) is 6.42 Å². The molecule has 10 heteroatoms. The van der Waals surface area contributed by atoms with Crippen molar-refractivity contribution >= 4 is 49.9 Å². The van der Waals surface area contributed by atoms with E-state index in [1.54, 1.807) is 60.1 Å². The molecule has 0 spiro atoms. The van der Waals surface area contributed by atoms with Crippen LogP contribution in [0.15, 0.2) is 71.5 Å². The van der Waals surface area contributed by atoms with Crippen LogP contribution in [0.4, 0.5) is 21.6 Å². The number of hydroxylamine groups is 1. The summed E-state index contributed by atoms with van der Waals surface area (Å²) in [6.45, 7) is 0. The van der Waals surface area contributed by atoms with Gasteiger partial charge in [-0.15, -0.1) is 0 Å². The van der Waals surface area contributed by atoms with Gasteiger partial charge in [0.05, 0.1) is 9.99 Å². The summed E-state index contributed by atoms with van der Waals surface area (Å²) in [7, 11) is 0. The van der Waals surface area contributed by atoms with Gasteiger partial charge >= 0.3 is 0 Å². The van der Waals surface area contributed by atoms with E-state index in [9.17, 15) is 14.3 Å². The normalized spacial score (nSPS) is 11.8. The highest BCUT2D eigenvalue weighted by Gasteiger charge is 2.11. The van der Waals surface area contributed by atoms with Crippen LogP contribution < -0.4 is 16.1 Å². The van der Waals surface area contributed by atoms with E-state index in [1.807, 2.05) is 0 Å². The molecule has 1 heterocycles. The molecule has 1 unspecified atom stereocenters. The van der Waals surface area contributed by atoms with Gasteiger partial charge in [-0.25, -0.2) is 19.8 Å². The van der Waals surface area contributed by atoms with Crippen LogP contribution in [0.5, 0.6) is 0 Å². The number of carbonyl (C=O) groups excluding carboxylic acids is 1. The van der Waals surface area contributed by atoms with Crippen LogP contribution in [0.25, 0.3) is 10.9 Å². The van der Waals surface area contributed by atoms with Crippen molar-refractivity contribution in [2.24, 2.45) is 0 Å². The number of benzene rings is 3. The van der Waals surface area contributed by atoms with Gasteiger partial charge in [-0.05, 0) is 70.0 Å². The maximum atomic E-state index is 13.9. The third-order valence-corrected chi connectivity index (χ3v) is 5.54. The molecule has 0 aliphatic heterocycles. The van der Waals surface area contributed by atoms with Crippen LogP contribution in [-0.4, -0.2) is 32.4 Å². The number of anilines is 3. The summed E-state index contributed by atoms with van der Waals surface area (Å²) in [5.74, 6) is -0.500. The Kier molecular flexibility index (Phi) is 6.78. The third-order valence-electron chi connectivity index (χ3n) is 4.90. The molecule has 0 aliphatic carbocycles. The first-order valence-electron chi connectivity index (χ1n) is 9.88. The predicted octanol–water partition coefficient (Wildman–Crippen LogP) is 4.37. The lowest BCUT2D eigenvalue weighted by Gasteiger charge is -2.16. The van der Waals surface area contributed by atoms with E-state index in [1.165, 1.54) is 12.4 Å². The number of aliphatic hydroxyl groups is 1. The van der Waals surface area contributed by atoms with Gasteiger partial charge < -0.3 is 15.7 Å². The molecule has 1 atom stereocenters. The van der Waals surface area contributed by atoms with E-state index < -0.39 is 18.0 Å². The molecule has 0 radical (unpaired) electrons. The minimum absolute atomic E-state index is 0.285. The zero-order valence-corrected chi connectivity index (χ0v) is 18.7. The van der Waals surface area contributed by atoms with Crippen molar-refractivity contribution in [1.82, 2.24) is 15.4 Å². The molecule has 8 nitrogen and oxygen atoms in total. The first kappa shape index (κ1) is 22.6. The van der Waals surface area contributed by atoms with Gasteiger partial charge in [0.25, 0.3) is 5.91 Å². The van der Waals surface area contributed by atoms with Crippen LogP contribution in [0, 0.1) is 5.82 Å². The molecular weight excluding hydrogens is 493 g/mol. The predicted molar refractivity (Wildman–Crippen MR) is 126 cm³/mol. The number of fused-ring (bicyclic) bond motifs is 1. The largest absolute Gasteiger partial charge is 0.373 e. The zero-order chi connectivity index (χ0) is 23.4. The highest BCUT2D eigenvalue weighted by Crippen LogP contribution is 2.27. The molecule has 0 bridgehead atoms. The highest BCUT2D eigenvalue weighted by atomic mass is 79.9. The van der Waals surface area contributed by atoms with Crippen molar-refractivity contribution in [2.45, 2.75) is 12.6 Å². The van der Waals surface area contributed by atoms with Gasteiger partial charge in [-0.1, -0.05) is 12.1 Å². The second-order valence-corrected chi connectivity index (χ2v) is 8.06. The Balaban J connectivity index is 1.50. The SMILES string of the molecule is O=C(NO)c1ccc(CC(O)Nc2ccc3ncnc(Nc4ccc(Br)c(F)c4)c3c2)cc1. The highest BCUT2D eigenvalue weighted by molar-refractivity contribution is 9.10. The summed E-state index contributed by atoms with van der Waals surface area (Å²) >= 11 is 3.14. The van der Waals surface area contributed by atoms with Crippen LogP contribution in [0.1, 0.15) is 15.9 Å². The molecule has 4 rings (SSSR count). The Labute approximate surface area is 196 Å². The minimum Gasteiger partial charge on any atom is -0.373 e. The Morgan fingerprint density at radius 2 is 1.79 bits per heavy atom. The topological polar surface area (TPSA) is 119 Å². The molecule has 0 aliphatic rings. The summed E-state index contributed by atoms with van der Waals surface area (Å²) in [4.78, 5) is 19.9. The standard InChI is InChI=1S/C23H19BrFN5O3/c24-18-7-5-16(11-19(18)25)29-22-17-10-15(6-8-20(17)26-12-27-22)28-21(31)9-13-1-3-14(4-2-13)23(32)30-33/h1-8,10-12,21,28,31,33H,9H2,(H,30,32)(H,26,27,29). The molecule has 1 aromatic heterocycles. The molecule has 4 aromatic rings. The average molecular weight is 512 g/mol. The van der Waals surface area contributed by atoms with Crippen molar-refractivity contribution in [1.29, 1.82) is 0 Å². The fourth-order valence-corrected chi connectivity index (χ4v) is 3.53. The Bertz CT molecular complexity index is 1300. The summed E-state index contributed by atoms with van der Waals surface area (Å²) in [5, 5.41) is 26.0. The fraction of sp³-hybridized carbons (Fsp3) is 0.0870. The summed E-state index contributed by atoms with van der Waals surface area (Å²) < 4.78 is 14.2. The number of hydrogen-bond acceptors (Lipinski definition) is 7. The monoisotopic (exact) mass is 511 g/mol. The Hall–Kier alpha value is -3.60. The fourth-order valence-electron chi connectivity index (χ4n) is 3.28. The van der Waals surface area contributed by atoms with Crippen molar-refractivity contribution in [3.63, 3.8) is 0 Å². The molecular formula is C23H19BrFN5O3. The smallest absolute Gasteiger partial charge is 0.274 e. The first-order valence-corrected chi connectivity index (χ1v) is 10.7. The number of aliphatic hydroxyl groups excluding tert-OH is 1. The van der Waals surface area contributed by atoms with Crippen molar-refractivity contribution < 1.29 is 19.5 Å². The summed E-state index contributed by atoms with van der Waals surface area (Å²) in [6.07, 6.45) is 0.803. The van der Waals surface area contributed by atoms with Crippen LogP contribution >= 0.6 is 15.9 Å². The van der Waals surface area contributed by atoms with E-state index >= 15 is 0 Å². The molecule has 5 N–H and O–H groups in total. The molecule has 0 saturated heterocycles. The molecule has 33 heavy (non-hydrogen) atoms. The average Bonchev–Trinajstić information content (AvgIpc) is 2.82. The van der Waals surface area contributed by atoms with Crippen LogP contribution in [0.3, 0.4) is 0 Å². The summed E-state index contributed by atoms with van der Waals surface area (Å²) in [6, 6.07) is 16.6. The number of nitrogens with one attached hydrogen (secondary N) is 3. The third kappa shape index (κ3) is 5.43. The second kappa shape index (κ2) is 9.90. The molecule has 3 aromatic carbocycles. The maximum Gasteiger partial charge on any atom is 0.274 e.